The van der Waals surface area contributed by atoms with Gasteiger partial charge in [0.25, 0.3) is 0 Å². The second-order valence-electron chi connectivity index (χ2n) is 9.55. The van der Waals surface area contributed by atoms with Crippen LogP contribution in [0.4, 0.5) is 0 Å². The topological polar surface area (TPSA) is 46.2 Å². The van der Waals surface area contributed by atoms with Crippen molar-refractivity contribution in [3.63, 3.8) is 0 Å². The standard InChI is InChI=1S/C21H34O5Si/c1-20(2,3)27(21(4,5)6)24-14-16-17(18(26-27)19(22-7)25-16)23-13-15-11-9-8-10-12-15/h8-12,16-19H,13-14H2,1-7H3/t16-,17-,18+,19+/m1/s1. The number of hydrogen-bond donors (Lipinski definition) is 0. The number of benzene rings is 1. The van der Waals surface area contributed by atoms with Crippen LogP contribution in [0.15, 0.2) is 30.3 Å². The van der Waals surface area contributed by atoms with E-state index in [4.69, 9.17) is 23.1 Å². The average molecular weight is 395 g/mol. The van der Waals surface area contributed by atoms with Crippen molar-refractivity contribution in [1.82, 2.24) is 0 Å². The molecule has 6 heteroatoms. The molecule has 0 aromatic heterocycles. The van der Waals surface area contributed by atoms with Gasteiger partial charge in [0.1, 0.15) is 18.3 Å². The summed E-state index contributed by atoms with van der Waals surface area (Å²) in [6.07, 6.45) is -1.13. The van der Waals surface area contributed by atoms with E-state index in [1.807, 2.05) is 18.2 Å². The van der Waals surface area contributed by atoms with E-state index in [1.54, 1.807) is 7.11 Å². The number of rotatable bonds is 4. The summed E-state index contributed by atoms with van der Waals surface area (Å²) in [5, 5.41) is -0.198. The maximum absolute atomic E-state index is 6.86. The molecular formula is C21H34O5Si. The third kappa shape index (κ3) is 3.88. The van der Waals surface area contributed by atoms with E-state index in [-0.39, 0.29) is 28.4 Å². The highest BCUT2D eigenvalue weighted by Crippen LogP contribution is 2.55. The Kier molecular flexibility index (Phi) is 5.88. The van der Waals surface area contributed by atoms with E-state index < -0.39 is 14.9 Å². The molecule has 0 radical (unpaired) electrons. The molecule has 3 rings (SSSR count). The molecule has 5 nitrogen and oxygen atoms in total. The Hall–Kier alpha value is -0.763. The van der Waals surface area contributed by atoms with Gasteiger partial charge in [0.2, 0.25) is 0 Å². The fraction of sp³-hybridized carbons (Fsp3) is 0.714. The molecule has 2 saturated heterocycles. The van der Waals surface area contributed by atoms with Crippen molar-refractivity contribution in [2.24, 2.45) is 0 Å². The van der Waals surface area contributed by atoms with Crippen molar-refractivity contribution in [2.45, 2.75) is 82.8 Å². The highest BCUT2D eigenvalue weighted by Gasteiger charge is 2.64. The molecule has 2 fully saturated rings. The molecule has 0 saturated carbocycles. The molecule has 27 heavy (non-hydrogen) atoms. The van der Waals surface area contributed by atoms with Crippen molar-refractivity contribution < 1.29 is 23.1 Å². The van der Waals surface area contributed by atoms with Gasteiger partial charge >= 0.3 is 8.56 Å². The molecule has 0 unspecified atom stereocenters. The summed E-state index contributed by atoms with van der Waals surface area (Å²) in [5.41, 5.74) is 1.13. The second kappa shape index (κ2) is 7.58. The Morgan fingerprint density at radius 1 is 1.04 bits per heavy atom. The van der Waals surface area contributed by atoms with Crippen LogP contribution in [0.1, 0.15) is 47.1 Å². The maximum Gasteiger partial charge on any atom is 0.349 e. The lowest BCUT2D eigenvalue weighted by atomic mass is 10.1. The third-order valence-corrected chi connectivity index (χ3v) is 10.6. The molecule has 2 heterocycles. The Labute approximate surface area is 164 Å². The predicted molar refractivity (Wildman–Crippen MR) is 107 cm³/mol. The lowest BCUT2D eigenvalue weighted by Gasteiger charge is -2.50. The first-order chi connectivity index (χ1) is 12.6. The molecule has 1 aromatic carbocycles. The van der Waals surface area contributed by atoms with Gasteiger partial charge in [0.05, 0.1) is 13.2 Å². The van der Waals surface area contributed by atoms with Crippen LogP contribution in [0.2, 0.25) is 10.1 Å². The van der Waals surface area contributed by atoms with Crippen molar-refractivity contribution in [3.8, 4) is 0 Å². The van der Waals surface area contributed by atoms with Crippen LogP contribution in [0, 0.1) is 0 Å². The van der Waals surface area contributed by atoms with E-state index in [0.29, 0.717) is 13.2 Å². The van der Waals surface area contributed by atoms with Gasteiger partial charge in [-0.2, -0.15) is 0 Å². The molecule has 152 valence electrons. The summed E-state index contributed by atoms with van der Waals surface area (Å²) in [5.74, 6) is 0. The van der Waals surface area contributed by atoms with Gasteiger partial charge in [-0.3, -0.25) is 0 Å². The van der Waals surface area contributed by atoms with Gasteiger partial charge < -0.3 is 23.1 Å². The fourth-order valence-electron chi connectivity index (χ4n) is 4.45. The summed E-state index contributed by atoms with van der Waals surface area (Å²) in [4.78, 5) is 0. The quantitative estimate of drug-likeness (QED) is 0.708. The molecule has 0 N–H and O–H groups in total. The minimum Gasteiger partial charge on any atom is -0.391 e. The summed E-state index contributed by atoms with van der Waals surface area (Å²) in [6, 6.07) is 10.2. The summed E-state index contributed by atoms with van der Waals surface area (Å²) in [7, 11) is -0.974. The third-order valence-electron chi connectivity index (χ3n) is 5.51. The average Bonchev–Trinajstić information content (AvgIpc) is 2.79. The SMILES string of the molecule is CO[C@H]1O[C@@H]2CO[Si](C(C)(C)C)(C(C)(C)C)O[C@H]1[C@@H]2OCc1ccccc1. The zero-order valence-electron chi connectivity index (χ0n) is 17.7. The number of fused-ring (bicyclic) bond motifs is 2. The van der Waals surface area contributed by atoms with Gasteiger partial charge in [-0.25, -0.2) is 0 Å². The van der Waals surface area contributed by atoms with Crippen LogP contribution < -0.4 is 0 Å². The predicted octanol–water partition coefficient (Wildman–Crippen LogP) is 4.40. The molecule has 4 atom stereocenters. The minimum absolute atomic E-state index is 0.0992. The number of hydrogen-bond acceptors (Lipinski definition) is 5. The monoisotopic (exact) mass is 394 g/mol. The Morgan fingerprint density at radius 3 is 2.22 bits per heavy atom. The number of methoxy groups -OCH3 is 1. The van der Waals surface area contributed by atoms with Crippen molar-refractivity contribution >= 4 is 8.56 Å². The second-order valence-corrected chi connectivity index (χ2v) is 14.3. The van der Waals surface area contributed by atoms with Crippen molar-refractivity contribution in [3.05, 3.63) is 35.9 Å². The Morgan fingerprint density at radius 2 is 1.67 bits per heavy atom. The van der Waals surface area contributed by atoms with E-state index in [2.05, 4.69) is 53.7 Å². The van der Waals surface area contributed by atoms with Crippen LogP contribution in [-0.4, -0.2) is 46.9 Å². The molecule has 0 spiro atoms. The maximum atomic E-state index is 6.86. The fourth-order valence-corrected chi connectivity index (χ4v) is 9.36. The van der Waals surface area contributed by atoms with Gasteiger partial charge in [-0.15, -0.1) is 0 Å². The van der Waals surface area contributed by atoms with Crippen LogP contribution in [0.5, 0.6) is 0 Å². The molecule has 2 aliphatic heterocycles. The zero-order valence-corrected chi connectivity index (χ0v) is 18.7. The van der Waals surface area contributed by atoms with Crippen molar-refractivity contribution in [1.29, 1.82) is 0 Å². The molecule has 0 amide bonds. The molecular weight excluding hydrogens is 360 g/mol. The smallest absolute Gasteiger partial charge is 0.349 e. The first-order valence-electron chi connectivity index (χ1n) is 9.74. The molecule has 2 bridgehead atoms. The van der Waals surface area contributed by atoms with Gasteiger partial charge in [-0.05, 0) is 5.56 Å². The van der Waals surface area contributed by atoms with Crippen LogP contribution in [-0.2, 0) is 29.7 Å². The largest absolute Gasteiger partial charge is 0.391 e. The molecule has 1 aromatic rings. The summed E-state index contributed by atoms with van der Waals surface area (Å²) in [6.45, 7) is 14.3. The highest BCUT2D eigenvalue weighted by molar-refractivity contribution is 6.73. The van der Waals surface area contributed by atoms with E-state index in [1.165, 1.54) is 0 Å². The summed E-state index contributed by atoms with van der Waals surface area (Å²) >= 11 is 0. The van der Waals surface area contributed by atoms with E-state index in [9.17, 15) is 0 Å². The zero-order chi connectivity index (χ0) is 19.9. The first kappa shape index (κ1) is 21.0. The normalized spacial score (nSPS) is 30.9. The van der Waals surface area contributed by atoms with Gasteiger partial charge in [-0.1, -0.05) is 71.9 Å². The molecule has 2 aliphatic rings. The Balaban J connectivity index is 1.88. The van der Waals surface area contributed by atoms with Crippen LogP contribution in [0.3, 0.4) is 0 Å². The van der Waals surface area contributed by atoms with Gasteiger partial charge in [0, 0.05) is 17.2 Å². The number of ether oxygens (including phenoxy) is 3. The summed E-state index contributed by atoms with van der Waals surface area (Å²) < 4.78 is 31.4. The van der Waals surface area contributed by atoms with E-state index in [0.717, 1.165) is 5.56 Å². The van der Waals surface area contributed by atoms with Gasteiger partial charge in [0.15, 0.2) is 6.29 Å². The lowest BCUT2D eigenvalue weighted by Crippen LogP contribution is -2.60. The molecule has 0 aliphatic carbocycles. The van der Waals surface area contributed by atoms with Crippen LogP contribution in [0.25, 0.3) is 0 Å². The lowest BCUT2D eigenvalue weighted by molar-refractivity contribution is -0.166. The minimum atomic E-state index is -2.64. The van der Waals surface area contributed by atoms with Crippen LogP contribution >= 0.6 is 0 Å². The van der Waals surface area contributed by atoms with Crippen molar-refractivity contribution in [2.75, 3.05) is 13.7 Å². The van der Waals surface area contributed by atoms with E-state index >= 15 is 0 Å². The Bertz CT molecular complexity index is 608. The first-order valence-corrected chi connectivity index (χ1v) is 11.6. The highest BCUT2D eigenvalue weighted by atomic mass is 28.4.